The molecule has 6 nitrogen and oxygen atoms in total. The number of nitrogens with one attached hydrogen (secondary N) is 1. The molecule has 0 spiro atoms. The van der Waals surface area contributed by atoms with Crippen LogP contribution >= 0.6 is 0 Å². The van der Waals surface area contributed by atoms with Crippen molar-refractivity contribution in [1.29, 1.82) is 0 Å². The Kier molecular flexibility index (Phi) is 10.2. The van der Waals surface area contributed by atoms with Crippen molar-refractivity contribution in [1.82, 2.24) is 10.4 Å². The quantitative estimate of drug-likeness (QED) is 0.287. The number of benzene rings is 2. The molecule has 2 aromatic carbocycles. The lowest BCUT2D eigenvalue weighted by molar-refractivity contribution is -0.170. The summed E-state index contributed by atoms with van der Waals surface area (Å²) in [5, 5.41) is 3.98. The van der Waals surface area contributed by atoms with Gasteiger partial charge < -0.3 is 10.1 Å². The van der Waals surface area contributed by atoms with Gasteiger partial charge in [0.2, 0.25) is 0 Å². The van der Waals surface area contributed by atoms with Crippen LogP contribution in [-0.2, 0) is 16.1 Å². The third-order valence-corrected chi connectivity index (χ3v) is 5.08. The number of allylic oxidation sites excluding steroid dienone is 1. The van der Waals surface area contributed by atoms with E-state index in [4.69, 9.17) is 9.57 Å². The van der Waals surface area contributed by atoms with E-state index in [2.05, 4.69) is 18.5 Å². The summed E-state index contributed by atoms with van der Waals surface area (Å²) in [5.41, 5.74) is 2.19. The maximum Gasteiger partial charge on any atom is 0.268 e. The fourth-order valence-corrected chi connectivity index (χ4v) is 3.24. The first-order valence-corrected chi connectivity index (χ1v) is 10.7. The fraction of sp³-hybridized carbons (Fsp3) is 0.308. The maximum atomic E-state index is 13.1. The molecule has 2 rings (SSSR count). The first-order valence-electron chi connectivity index (χ1n) is 10.7. The van der Waals surface area contributed by atoms with E-state index in [1.807, 2.05) is 36.4 Å². The van der Waals surface area contributed by atoms with Crippen molar-refractivity contribution in [2.75, 3.05) is 20.8 Å². The van der Waals surface area contributed by atoms with E-state index in [1.54, 1.807) is 24.3 Å². The van der Waals surface area contributed by atoms with E-state index in [0.29, 0.717) is 24.3 Å². The van der Waals surface area contributed by atoms with Gasteiger partial charge in [-0.2, -0.15) is 0 Å². The molecule has 2 amide bonds. The van der Waals surface area contributed by atoms with E-state index >= 15 is 0 Å². The van der Waals surface area contributed by atoms with Gasteiger partial charge in [-0.15, -0.1) is 6.58 Å². The number of likely N-dealkylation sites (N-methyl/N-ethyl adjacent to an activating group) is 1. The molecule has 0 aliphatic heterocycles. The number of carbonyl (C=O) groups excluding carboxylic acids is 2. The normalized spacial score (nSPS) is 11.3. The third-order valence-electron chi connectivity index (χ3n) is 5.08. The van der Waals surface area contributed by atoms with Gasteiger partial charge in [-0.25, -0.2) is 5.06 Å². The SMILES string of the molecule is C=CCCCCOc1ccccc1C(=O)N[C@@H](Cc1ccccc1C=C)C(=O)N(C)OC. The highest BCUT2D eigenvalue weighted by Crippen LogP contribution is 2.20. The van der Waals surface area contributed by atoms with Crippen LogP contribution in [0.25, 0.3) is 6.08 Å². The second kappa shape index (κ2) is 13.1. The van der Waals surface area contributed by atoms with E-state index in [-0.39, 0.29) is 11.8 Å². The monoisotopic (exact) mass is 436 g/mol. The Labute approximate surface area is 190 Å². The van der Waals surface area contributed by atoms with E-state index < -0.39 is 6.04 Å². The Bertz CT molecular complexity index is 926. The van der Waals surface area contributed by atoms with Crippen molar-refractivity contribution >= 4 is 17.9 Å². The number of carbonyl (C=O) groups is 2. The number of unbranched alkanes of at least 4 members (excludes halogenated alkanes) is 2. The average molecular weight is 437 g/mol. The molecule has 1 N–H and O–H groups in total. The minimum Gasteiger partial charge on any atom is -0.493 e. The molecule has 2 aromatic rings. The lowest BCUT2D eigenvalue weighted by Crippen LogP contribution is -2.48. The zero-order valence-corrected chi connectivity index (χ0v) is 18.9. The van der Waals surface area contributed by atoms with E-state index in [1.165, 1.54) is 14.2 Å². The summed E-state index contributed by atoms with van der Waals surface area (Å²) in [6.07, 6.45) is 6.66. The van der Waals surface area contributed by atoms with Crippen molar-refractivity contribution in [2.45, 2.75) is 31.7 Å². The Morgan fingerprint density at radius 1 is 1.09 bits per heavy atom. The number of para-hydroxylation sites is 1. The minimum atomic E-state index is -0.825. The van der Waals surface area contributed by atoms with Crippen molar-refractivity contribution in [3.05, 3.63) is 84.5 Å². The van der Waals surface area contributed by atoms with Gasteiger partial charge in [-0.3, -0.25) is 14.4 Å². The molecule has 0 saturated heterocycles. The number of hydrogen-bond acceptors (Lipinski definition) is 4. The molecule has 0 aliphatic rings. The summed E-state index contributed by atoms with van der Waals surface area (Å²) < 4.78 is 5.84. The summed E-state index contributed by atoms with van der Waals surface area (Å²) in [6.45, 7) is 8.05. The number of hydrogen-bond donors (Lipinski definition) is 1. The lowest BCUT2D eigenvalue weighted by Gasteiger charge is -2.24. The zero-order valence-electron chi connectivity index (χ0n) is 18.9. The summed E-state index contributed by atoms with van der Waals surface area (Å²) >= 11 is 0. The molecule has 0 saturated carbocycles. The molecular formula is C26H32N2O4. The third kappa shape index (κ3) is 7.10. The Morgan fingerprint density at radius 2 is 1.81 bits per heavy atom. The van der Waals surface area contributed by atoms with Crippen LogP contribution in [0.4, 0.5) is 0 Å². The standard InChI is InChI=1S/C26H32N2O4/c1-5-7-8-13-18-32-24-17-12-11-16-22(24)25(29)27-23(26(30)28(3)31-4)19-21-15-10-9-14-20(21)6-2/h5-6,9-12,14-17,23H,1-2,7-8,13,18-19H2,3-4H3,(H,27,29)/t23-/m0/s1. The van der Waals surface area contributed by atoms with Gasteiger partial charge in [0.25, 0.3) is 11.8 Å². The van der Waals surface area contributed by atoms with E-state index in [9.17, 15) is 9.59 Å². The maximum absolute atomic E-state index is 13.1. The molecule has 0 fully saturated rings. The molecule has 1 atom stereocenters. The smallest absolute Gasteiger partial charge is 0.268 e. The first kappa shape index (κ1) is 24.9. The topological polar surface area (TPSA) is 67.9 Å². The predicted octanol–water partition coefficient (Wildman–Crippen LogP) is 4.43. The van der Waals surface area contributed by atoms with Crippen molar-refractivity contribution in [3.8, 4) is 5.75 Å². The number of rotatable bonds is 13. The molecule has 6 heteroatoms. The molecule has 0 unspecified atom stereocenters. The van der Waals surface area contributed by atoms with Crippen LogP contribution < -0.4 is 10.1 Å². The summed E-state index contributed by atoms with van der Waals surface area (Å²) in [6, 6.07) is 13.8. The molecule has 0 radical (unpaired) electrons. The van der Waals surface area contributed by atoms with Crippen molar-refractivity contribution in [2.24, 2.45) is 0 Å². The van der Waals surface area contributed by atoms with Crippen LogP contribution in [0.5, 0.6) is 5.75 Å². The Hall–Kier alpha value is -3.38. The highest BCUT2D eigenvalue weighted by molar-refractivity contribution is 5.99. The van der Waals surface area contributed by atoms with Crippen molar-refractivity contribution in [3.63, 3.8) is 0 Å². The highest BCUT2D eigenvalue weighted by atomic mass is 16.7. The van der Waals surface area contributed by atoms with Crippen LogP contribution in [0.2, 0.25) is 0 Å². The number of amides is 2. The van der Waals surface area contributed by atoms with Gasteiger partial charge in [0.05, 0.1) is 19.3 Å². The van der Waals surface area contributed by atoms with E-state index in [0.717, 1.165) is 35.5 Å². The van der Waals surface area contributed by atoms with Gasteiger partial charge in [-0.1, -0.05) is 55.1 Å². The highest BCUT2D eigenvalue weighted by Gasteiger charge is 2.26. The molecule has 32 heavy (non-hydrogen) atoms. The van der Waals surface area contributed by atoms with Gasteiger partial charge in [0.1, 0.15) is 11.8 Å². The van der Waals surface area contributed by atoms with Gasteiger partial charge in [0, 0.05) is 13.5 Å². The second-order valence-electron chi connectivity index (χ2n) is 7.28. The largest absolute Gasteiger partial charge is 0.493 e. The van der Waals surface area contributed by atoms with Gasteiger partial charge >= 0.3 is 0 Å². The molecular weight excluding hydrogens is 404 g/mol. The number of nitrogens with zero attached hydrogens (tertiary/aromatic N) is 1. The van der Waals surface area contributed by atoms with Crippen LogP contribution in [-0.4, -0.2) is 43.7 Å². The van der Waals surface area contributed by atoms with Crippen LogP contribution in [0.3, 0.4) is 0 Å². The average Bonchev–Trinajstić information content (AvgIpc) is 2.83. The summed E-state index contributed by atoms with van der Waals surface area (Å²) in [4.78, 5) is 31.1. The Balaban J connectivity index is 2.20. The molecule has 0 bridgehead atoms. The fourth-order valence-electron chi connectivity index (χ4n) is 3.24. The van der Waals surface area contributed by atoms with Gasteiger partial charge in [0.15, 0.2) is 0 Å². The molecule has 0 aliphatic carbocycles. The summed E-state index contributed by atoms with van der Waals surface area (Å²) in [5.74, 6) is -0.255. The number of hydroxylamine groups is 2. The van der Waals surface area contributed by atoms with Crippen molar-refractivity contribution < 1.29 is 19.2 Å². The number of ether oxygens (including phenoxy) is 1. The van der Waals surface area contributed by atoms with Crippen LogP contribution in [0.15, 0.2) is 67.8 Å². The molecule has 0 heterocycles. The minimum absolute atomic E-state index is 0.297. The van der Waals surface area contributed by atoms with Gasteiger partial charge in [-0.05, 0) is 42.5 Å². The van der Waals surface area contributed by atoms with Crippen LogP contribution in [0, 0.1) is 0 Å². The lowest BCUT2D eigenvalue weighted by atomic mass is 9.99. The zero-order chi connectivity index (χ0) is 23.3. The van der Waals surface area contributed by atoms with Crippen LogP contribution in [0.1, 0.15) is 40.7 Å². The molecule has 170 valence electrons. The summed E-state index contributed by atoms with van der Waals surface area (Å²) in [7, 11) is 2.92. The first-order chi connectivity index (χ1) is 15.5. The second-order valence-corrected chi connectivity index (χ2v) is 7.28. The molecule has 0 aromatic heterocycles. The Morgan fingerprint density at radius 3 is 2.53 bits per heavy atom. The predicted molar refractivity (Wildman–Crippen MR) is 127 cm³/mol.